The smallest absolute Gasteiger partial charge is 0.254 e. The number of nitrogens with one attached hydrogen (secondary N) is 1. The molecule has 1 N–H and O–H groups in total. The van der Waals surface area contributed by atoms with E-state index in [2.05, 4.69) is 15.4 Å². The maximum Gasteiger partial charge on any atom is 0.254 e. The summed E-state index contributed by atoms with van der Waals surface area (Å²) in [6.45, 7) is 2.53. The van der Waals surface area contributed by atoms with Crippen LogP contribution in [-0.4, -0.2) is 20.7 Å². The highest BCUT2D eigenvalue weighted by Gasteiger charge is 2.12. The molecule has 5 nitrogen and oxygen atoms in total. The third kappa shape index (κ3) is 3.16. The molecule has 0 fully saturated rings. The number of para-hydroxylation sites is 1. The van der Waals surface area contributed by atoms with Gasteiger partial charge in [-0.2, -0.15) is 5.10 Å². The van der Waals surface area contributed by atoms with Gasteiger partial charge in [0.1, 0.15) is 0 Å². The number of nitrogens with zero attached hydrogens (tertiary/aromatic N) is 3. The highest BCUT2D eigenvalue weighted by Crippen LogP contribution is 2.24. The average Bonchev–Trinajstić information content (AvgIpc) is 3.27. The predicted molar refractivity (Wildman–Crippen MR) is 99.1 cm³/mol. The van der Waals surface area contributed by atoms with Gasteiger partial charge >= 0.3 is 0 Å². The predicted octanol–water partition coefficient (Wildman–Crippen LogP) is 3.72. The fraction of sp³-hybridized carbons (Fsp3) is 0.105. The number of rotatable bonds is 4. The molecule has 1 amide bonds. The first-order valence-corrected chi connectivity index (χ1v) is 8.76. The highest BCUT2D eigenvalue weighted by atomic mass is 32.1. The lowest BCUT2D eigenvalue weighted by molar-refractivity contribution is 0.0951. The van der Waals surface area contributed by atoms with Crippen molar-refractivity contribution in [1.29, 1.82) is 0 Å². The van der Waals surface area contributed by atoms with Gasteiger partial charge in [-0.15, -0.1) is 0 Å². The molecule has 2 heterocycles. The summed E-state index contributed by atoms with van der Waals surface area (Å²) in [7, 11) is 0. The zero-order valence-corrected chi connectivity index (χ0v) is 14.5. The number of benzene rings is 2. The van der Waals surface area contributed by atoms with E-state index in [1.54, 1.807) is 28.4 Å². The summed E-state index contributed by atoms with van der Waals surface area (Å²) in [6.07, 6.45) is 3.28. The first-order chi connectivity index (χ1) is 12.2. The lowest BCUT2D eigenvalue weighted by atomic mass is 10.1. The molecular formula is C19H16N4OS. The van der Waals surface area contributed by atoms with Crippen LogP contribution in [0, 0.1) is 6.92 Å². The molecule has 2 aromatic carbocycles. The first-order valence-electron chi connectivity index (χ1n) is 7.94. The van der Waals surface area contributed by atoms with Gasteiger partial charge in [0.05, 0.1) is 22.0 Å². The van der Waals surface area contributed by atoms with Gasteiger partial charge in [0.15, 0.2) is 0 Å². The molecule has 0 spiro atoms. The number of carbonyl (C=O) groups is 1. The van der Waals surface area contributed by atoms with Crippen LogP contribution in [0.15, 0.2) is 60.9 Å². The number of thiazole rings is 1. The van der Waals surface area contributed by atoms with Crippen LogP contribution in [0.25, 0.3) is 15.3 Å². The normalized spacial score (nSPS) is 10.9. The Morgan fingerprint density at radius 2 is 1.96 bits per heavy atom. The maximum atomic E-state index is 12.4. The van der Waals surface area contributed by atoms with Crippen molar-refractivity contribution in [1.82, 2.24) is 20.1 Å². The Kier molecular flexibility index (Phi) is 4.03. The minimum atomic E-state index is -0.143. The molecule has 0 saturated heterocycles. The van der Waals surface area contributed by atoms with E-state index in [0.29, 0.717) is 12.1 Å². The molecule has 25 heavy (non-hydrogen) atoms. The van der Waals surface area contributed by atoms with Gasteiger partial charge in [0, 0.05) is 12.7 Å². The topological polar surface area (TPSA) is 59.8 Å². The minimum absolute atomic E-state index is 0.143. The summed E-state index contributed by atoms with van der Waals surface area (Å²) in [5, 5.41) is 7.97. The van der Waals surface area contributed by atoms with Crippen LogP contribution in [0.5, 0.6) is 0 Å². The SMILES string of the molecule is Cc1ccccc1CNC(=O)c1cnn(-c2nc3ccccc3s2)c1. The lowest BCUT2D eigenvalue weighted by Crippen LogP contribution is -2.22. The molecule has 0 saturated carbocycles. The van der Waals surface area contributed by atoms with Crippen molar-refractivity contribution in [3.63, 3.8) is 0 Å². The molecule has 0 aliphatic rings. The number of hydrogen-bond acceptors (Lipinski definition) is 4. The van der Waals surface area contributed by atoms with E-state index < -0.39 is 0 Å². The standard InChI is InChI=1S/C19H16N4OS/c1-13-6-2-3-7-14(13)10-20-18(24)15-11-21-23(12-15)19-22-16-8-4-5-9-17(16)25-19/h2-9,11-12H,10H2,1H3,(H,20,24). The van der Waals surface area contributed by atoms with E-state index in [-0.39, 0.29) is 5.91 Å². The number of aromatic nitrogens is 3. The molecular weight excluding hydrogens is 332 g/mol. The molecule has 0 atom stereocenters. The molecule has 124 valence electrons. The molecule has 0 aliphatic heterocycles. The van der Waals surface area contributed by atoms with Crippen LogP contribution in [0.3, 0.4) is 0 Å². The number of aryl methyl sites for hydroxylation is 1. The zero-order chi connectivity index (χ0) is 17.2. The zero-order valence-electron chi connectivity index (χ0n) is 13.6. The maximum absolute atomic E-state index is 12.4. The molecule has 4 aromatic rings. The molecule has 6 heteroatoms. The molecule has 2 aromatic heterocycles. The van der Waals surface area contributed by atoms with Crippen LogP contribution in [0.2, 0.25) is 0 Å². The Bertz CT molecular complexity index is 1020. The summed E-state index contributed by atoms with van der Waals surface area (Å²) in [5.74, 6) is -0.143. The van der Waals surface area contributed by atoms with E-state index in [1.165, 1.54) is 0 Å². The number of amides is 1. The third-order valence-corrected chi connectivity index (χ3v) is 5.05. The fourth-order valence-corrected chi connectivity index (χ4v) is 3.49. The Morgan fingerprint density at radius 3 is 2.80 bits per heavy atom. The minimum Gasteiger partial charge on any atom is -0.348 e. The summed E-state index contributed by atoms with van der Waals surface area (Å²) in [6, 6.07) is 15.9. The molecule has 0 bridgehead atoms. The van der Waals surface area contributed by atoms with Gasteiger partial charge in [-0.05, 0) is 30.2 Å². The van der Waals surface area contributed by atoms with E-state index in [1.807, 2.05) is 55.5 Å². The number of carbonyl (C=O) groups excluding carboxylic acids is 1. The number of fused-ring (bicyclic) bond motifs is 1. The van der Waals surface area contributed by atoms with E-state index in [9.17, 15) is 4.79 Å². The lowest BCUT2D eigenvalue weighted by Gasteiger charge is -2.06. The van der Waals surface area contributed by atoms with Crippen molar-refractivity contribution in [2.24, 2.45) is 0 Å². The second-order valence-electron chi connectivity index (χ2n) is 5.75. The van der Waals surface area contributed by atoms with Gasteiger partial charge in [0.25, 0.3) is 5.91 Å². The second kappa shape index (κ2) is 6.49. The first kappa shape index (κ1) is 15.5. The van der Waals surface area contributed by atoms with Crippen molar-refractivity contribution >= 4 is 27.5 Å². The molecule has 4 rings (SSSR count). The highest BCUT2D eigenvalue weighted by molar-refractivity contribution is 7.20. The van der Waals surface area contributed by atoms with Crippen LogP contribution in [-0.2, 0) is 6.54 Å². The van der Waals surface area contributed by atoms with Crippen molar-refractivity contribution < 1.29 is 4.79 Å². The van der Waals surface area contributed by atoms with E-state index in [0.717, 1.165) is 26.5 Å². The monoisotopic (exact) mass is 348 g/mol. The third-order valence-electron chi connectivity index (χ3n) is 4.02. The Morgan fingerprint density at radius 1 is 1.16 bits per heavy atom. The van der Waals surface area contributed by atoms with Gasteiger partial charge in [0.2, 0.25) is 5.13 Å². The van der Waals surface area contributed by atoms with Gasteiger partial charge in [-0.1, -0.05) is 47.7 Å². The van der Waals surface area contributed by atoms with Crippen molar-refractivity contribution in [2.75, 3.05) is 0 Å². The summed E-state index contributed by atoms with van der Waals surface area (Å²) < 4.78 is 2.74. The summed E-state index contributed by atoms with van der Waals surface area (Å²) >= 11 is 1.55. The fourth-order valence-electron chi connectivity index (χ4n) is 2.59. The summed E-state index contributed by atoms with van der Waals surface area (Å²) in [4.78, 5) is 16.9. The van der Waals surface area contributed by atoms with Crippen molar-refractivity contribution in [2.45, 2.75) is 13.5 Å². The largest absolute Gasteiger partial charge is 0.348 e. The van der Waals surface area contributed by atoms with E-state index >= 15 is 0 Å². The van der Waals surface area contributed by atoms with Gasteiger partial charge in [-0.25, -0.2) is 9.67 Å². The Balaban J connectivity index is 1.50. The van der Waals surface area contributed by atoms with E-state index in [4.69, 9.17) is 0 Å². The van der Waals surface area contributed by atoms with Crippen molar-refractivity contribution in [3.05, 3.63) is 77.6 Å². The average molecular weight is 348 g/mol. The van der Waals surface area contributed by atoms with Gasteiger partial charge < -0.3 is 5.32 Å². The second-order valence-corrected chi connectivity index (χ2v) is 6.76. The van der Waals surface area contributed by atoms with Gasteiger partial charge in [-0.3, -0.25) is 4.79 Å². The van der Waals surface area contributed by atoms with Crippen LogP contribution in [0.4, 0.5) is 0 Å². The Labute approximate surface area is 149 Å². The van der Waals surface area contributed by atoms with Crippen LogP contribution in [0.1, 0.15) is 21.5 Å². The molecule has 0 unspecified atom stereocenters. The summed E-state index contributed by atoms with van der Waals surface area (Å²) in [5.41, 5.74) is 3.72. The van der Waals surface area contributed by atoms with Crippen LogP contribution >= 0.6 is 11.3 Å². The molecule has 0 radical (unpaired) electrons. The molecule has 0 aliphatic carbocycles. The quantitative estimate of drug-likeness (QED) is 0.611. The Hall–Kier alpha value is -2.99. The number of hydrogen-bond donors (Lipinski definition) is 1. The van der Waals surface area contributed by atoms with Crippen molar-refractivity contribution in [3.8, 4) is 5.13 Å². The van der Waals surface area contributed by atoms with Crippen LogP contribution < -0.4 is 5.32 Å².